The number of nitrogens with one attached hydrogen (secondary N) is 1. The van der Waals surface area contributed by atoms with E-state index in [4.69, 9.17) is 0 Å². The highest BCUT2D eigenvalue weighted by atomic mass is 15.3. The Balaban J connectivity index is 1.79. The monoisotopic (exact) mass is 264 g/mol. The first-order chi connectivity index (χ1) is 9.24. The molecule has 1 aliphatic heterocycles. The fraction of sp³-hybridized carbons (Fsp3) is 0.800. The SMILES string of the molecule is CCc1cc(CNCC(C)N2CCCC2)n(CC)n1. The van der Waals surface area contributed by atoms with Crippen LogP contribution in [-0.4, -0.2) is 40.4 Å². The van der Waals surface area contributed by atoms with Crippen molar-refractivity contribution in [1.82, 2.24) is 20.0 Å². The van der Waals surface area contributed by atoms with Crippen LogP contribution in [0.2, 0.25) is 0 Å². The van der Waals surface area contributed by atoms with Gasteiger partial charge in [-0.25, -0.2) is 0 Å². The van der Waals surface area contributed by atoms with Crippen molar-refractivity contribution in [3.05, 3.63) is 17.5 Å². The molecule has 1 saturated heterocycles. The average Bonchev–Trinajstić information content (AvgIpc) is 3.07. The van der Waals surface area contributed by atoms with E-state index in [9.17, 15) is 0 Å². The largest absolute Gasteiger partial charge is 0.310 e. The summed E-state index contributed by atoms with van der Waals surface area (Å²) in [4.78, 5) is 2.58. The van der Waals surface area contributed by atoms with Gasteiger partial charge in [0.15, 0.2) is 0 Å². The van der Waals surface area contributed by atoms with Gasteiger partial charge in [0.1, 0.15) is 0 Å². The Morgan fingerprint density at radius 1 is 1.32 bits per heavy atom. The molecule has 1 atom stereocenters. The molecule has 1 aromatic heterocycles. The van der Waals surface area contributed by atoms with Gasteiger partial charge >= 0.3 is 0 Å². The number of hydrogen-bond acceptors (Lipinski definition) is 3. The molecule has 0 radical (unpaired) electrons. The molecule has 0 aromatic carbocycles. The number of aryl methyl sites for hydroxylation is 2. The van der Waals surface area contributed by atoms with E-state index in [1.54, 1.807) is 0 Å². The Bertz CT molecular complexity index is 379. The van der Waals surface area contributed by atoms with Crippen molar-refractivity contribution in [3.8, 4) is 0 Å². The van der Waals surface area contributed by atoms with Crippen LogP contribution in [0.1, 0.15) is 45.0 Å². The minimum atomic E-state index is 0.645. The maximum Gasteiger partial charge on any atom is 0.0625 e. The maximum absolute atomic E-state index is 4.59. The first-order valence-electron chi connectivity index (χ1n) is 7.75. The predicted octanol–water partition coefficient (Wildman–Crippen LogP) is 2.04. The molecule has 0 bridgehead atoms. The zero-order valence-corrected chi connectivity index (χ0v) is 12.7. The lowest BCUT2D eigenvalue weighted by atomic mass is 10.2. The van der Waals surface area contributed by atoms with Crippen LogP contribution in [0.25, 0.3) is 0 Å². The van der Waals surface area contributed by atoms with Crippen LogP contribution < -0.4 is 5.32 Å². The summed E-state index contributed by atoms with van der Waals surface area (Å²) in [6.45, 7) is 12.1. The Kier molecular flexibility index (Phi) is 5.40. The highest BCUT2D eigenvalue weighted by Crippen LogP contribution is 2.11. The van der Waals surface area contributed by atoms with Gasteiger partial charge in [-0.3, -0.25) is 9.58 Å². The smallest absolute Gasteiger partial charge is 0.0625 e. The third kappa shape index (κ3) is 3.80. The van der Waals surface area contributed by atoms with E-state index in [1.807, 2.05) is 0 Å². The summed E-state index contributed by atoms with van der Waals surface area (Å²) in [6.07, 6.45) is 3.75. The second kappa shape index (κ2) is 7.06. The van der Waals surface area contributed by atoms with Gasteiger partial charge in [0.05, 0.1) is 11.4 Å². The Hall–Kier alpha value is -0.870. The number of nitrogens with zero attached hydrogens (tertiary/aromatic N) is 3. The van der Waals surface area contributed by atoms with E-state index in [0.717, 1.165) is 26.1 Å². The predicted molar refractivity (Wildman–Crippen MR) is 79.3 cm³/mol. The van der Waals surface area contributed by atoms with Crippen LogP contribution in [-0.2, 0) is 19.5 Å². The van der Waals surface area contributed by atoms with Gasteiger partial charge in [-0.2, -0.15) is 5.10 Å². The van der Waals surface area contributed by atoms with Gasteiger partial charge in [0.25, 0.3) is 0 Å². The Morgan fingerprint density at radius 3 is 2.68 bits per heavy atom. The van der Waals surface area contributed by atoms with Gasteiger partial charge in [0, 0.05) is 25.7 Å². The third-order valence-electron chi connectivity index (χ3n) is 4.09. The number of aromatic nitrogens is 2. The van der Waals surface area contributed by atoms with Crippen molar-refractivity contribution in [2.24, 2.45) is 0 Å². The lowest BCUT2D eigenvalue weighted by molar-refractivity contribution is 0.251. The first kappa shape index (κ1) is 14.5. The molecule has 1 N–H and O–H groups in total. The molecule has 2 heterocycles. The van der Waals surface area contributed by atoms with Gasteiger partial charge in [-0.15, -0.1) is 0 Å². The van der Waals surface area contributed by atoms with Gasteiger partial charge in [0.2, 0.25) is 0 Å². The zero-order valence-electron chi connectivity index (χ0n) is 12.7. The van der Waals surface area contributed by atoms with Crippen molar-refractivity contribution in [3.63, 3.8) is 0 Å². The molecular formula is C15H28N4. The minimum absolute atomic E-state index is 0.645. The lowest BCUT2D eigenvalue weighted by Gasteiger charge is -2.23. The molecule has 1 fully saturated rings. The molecular weight excluding hydrogens is 236 g/mol. The minimum Gasteiger partial charge on any atom is -0.310 e. The van der Waals surface area contributed by atoms with Crippen LogP contribution in [0, 0.1) is 0 Å². The summed E-state index contributed by atoms with van der Waals surface area (Å²) in [6, 6.07) is 2.88. The standard InChI is InChI=1S/C15H28N4/c1-4-14-10-15(19(5-2)17-14)12-16-11-13(3)18-8-6-7-9-18/h10,13,16H,4-9,11-12H2,1-3H3. The quantitative estimate of drug-likeness (QED) is 0.818. The maximum atomic E-state index is 4.59. The molecule has 108 valence electrons. The Labute approximate surface area is 117 Å². The molecule has 0 spiro atoms. The summed E-state index contributed by atoms with van der Waals surface area (Å²) < 4.78 is 2.12. The topological polar surface area (TPSA) is 33.1 Å². The van der Waals surface area contributed by atoms with E-state index < -0.39 is 0 Å². The molecule has 4 nitrogen and oxygen atoms in total. The molecule has 2 rings (SSSR count). The fourth-order valence-corrected chi connectivity index (χ4v) is 2.82. The molecule has 0 saturated carbocycles. The highest BCUT2D eigenvalue weighted by molar-refractivity contribution is 5.10. The van der Waals surface area contributed by atoms with E-state index in [-0.39, 0.29) is 0 Å². The van der Waals surface area contributed by atoms with Gasteiger partial charge in [-0.1, -0.05) is 6.92 Å². The molecule has 0 amide bonds. The fourth-order valence-electron chi connectivity index (χ4n) is 2.82. The van der Waals surface area contributed by atoms with E-state index in [2.05, 4.69) is 46.8 Å². The summed E-state index contributed by atoms with van der Waals surface area (Å²) in [7, 11) is 0. The molecule has 4 heteroatoms. The van der Waals surface area contributed by atoms with Crippen LogP contribution in [0.15, 0.2) is 6.07 Å². The van der Waals surface area contributed by atoms with E-state index in [1.165, 1.54) is 37.3 Å². The Morgan fingerprint density at radius 2 is 2.05 bits per heavy atom. The van der Waals surface area contributed by atoms with Crippen molar-refractivity contribution in [2.45, 2.75) is 59.2 Å². The zero-order chi connectivity index (χ0) is 13.7. The van der Waals surface area contributed by atoms with Crippen LogP contribution in [0.3, 0.4) is 0 Å². The van der Waals surface area contributed by atoms with Crippen molar-refractivity contribution < 1.29 is 0 Å². The summed E-state index contributed by atoms with van der Waals surface area (Å²) in [5.74, 6) is 0. The highest BCUT2D eigenvalue weighted by Gasteiger charge is 2.17. The molecule has 0 aliphatic carbocycles. The van der Waals surface area contributed by atoms with Gasteiger partial charge in [-0.05, 0) is 52.3 Å². The third-order valence-corrected chi connectivity index (χ3v) is 4.09. The van der Waals surface area contributed by atoms with Crippen molar-refractivity contribution in [1.29, 1.82) is 0 Å². The van der Waals surface area contributed by atoms with Crippen LogP contribution in [0.4, 0.5) is 0 Å². The van der Waals surface area contributed by atoms with Gasteiger partial charge < -0.3 is 5.32 Å². The van der Waals surface area contributed by atoms with Crippen LogP contribution >= 0.6 is 0 Å². The summed E-state index contributed by atoms with van der Waals surface area (Å²) in [5, 5.41) is 8.18. The average molecular weight is 264 g/mol. The second-order valence-corrected chi connectivity index (χ2v) is 5.52. The molecule has 1 unspecified atom stereocenters. The molecule has 19 heavy (non-hydrogen) atoms. The normalized spacial score (nSPS) is 18.1. The number of hydrogen-bond donors (Lipinski definition) is 1. The first-order valence-corrected chi connectivity index (χ1v) is 7.75. The second-order valence-electron chi connectivity index (χ2n) is 5.52. The van der Waals surface area contributed by atoms with E-state index in [0.29, 0.717) is 6.04 Å². The van der Waals surface area contributed by atoms with E-state index >= 15 is 0 Å². The van der Waals surface area contributed by atoms with Crippen molar-refractivity contribution >= 4 is 0 Å². The molecule has 1 aromatic rings. The number of rotatable bonds is 7. The number of likely N-dealkylation sites (tertiary alicyclic amines) is 1. The summed E-state index contributed by atoms with van der Waals surface area (Å²) >= 11 is 0. The van der Waals surface area contributed by atoms with Crippen LogP contribution in [0.5, 0.6) is 0 Å². The van der Waals surface area contributed by atoms with Crippen molar-refractivity contribution in [2.75, 3.05) is 19.6 Å². The molecule has 1 aliphatic rings. The summed E-state index contributed by atoms with van der Waals surface area (Å²) in [5.41, 5.74) is 2.51. The lowest BCUT2D eigenvalue weighted by Crippen LogP contribution is -2.38.